The third kappa shape index (κ3) is 1.92. The fraction of sp³-hybridized carbons (Fsp3) is 0.938. The molecule has 1 amide bonds. The molecule has 4 heteroatoms. The van der Waals surface area contributed by atoms with Gasteiger partial charge in [-0.05, 0) is 51.5 Å². The smallest absolute Gasteiger partial charge is 0.244 e. The summed E-state index contributed by atoms with van der Waals surface area (Å²) >= 11 is 0. The van der Waals surface area contributed by atoms with E-state index in [9.17, 15) is 4.79 Å². The van der Waals surface area contributed by atoms with Crippen LogP contribution in [0.15, 0.2) is 0 Å². The molecular formula is C16H27N3O. The molecule has 4 rings (SSSR count). The molecule has 3 unspecified atom stereocenters. The van der Waals surface area contributed by atoms with Crippen molar-refractivity contribution in [3.63, 3.8) is 0 Å². The summed E-state index contributed by atoms with van der Waals surface area (Å²) in [7, 11) is 0. The summed E-state index contributed by atoms with van der Waals surface area (Å²) in [4.78, 5) is 17.7. The van der Waals surface area contributed by atoms with Crippen LogP contribution in [0.5, 0.6) is 0 Å². The van der Waals surface area contributed by atoms with Crippen LogP contribution in [0.25, 0.3) is 0 Å². The Hall–Kier alpha value is -0.610. The Labute approximate surface area is 121 Å². The number of amides is 1. The highest BCUT2D eigenvalue weighted by Gasteiger charge is 2.60. The number of carbonyl (C=O) groups is 1. The van der Waals surface area contributed by atoms with Crippen LogP contribution < -0.4 is 5.32 Å². The van der Waals surface area contributed by atoms with Gasteiger partial charge in [-0.3, -0.25) is 10.1 Å². The SMILES string of the molecule is CCCC1NC2(CC2)C(=O)N1C1CCN2CCCC2C1. The lowest BCUT2D eigenvalue weighted by Crippen LogP contribution is -2.51. The summed E-state index contributed by atoms with van der Waals surface area (Å²) in [6.07, 6.45) is 9.78. The van der Waals surface area contributed by atoms with Crippen molar-refractivity contribution in [3.8, 4) is 0 Å². The monoisotopic (exact) mass is 277 g/mol. The van der Waals surface area contributed by atoms with Gasteiger partial charge in [-0.2, -0.15) is 0 Å². The van der Waals surface area contributed by atoms with Crippen LogP contribution >= 0.6 is 0 Å². The van der Waals surface area contributed by atoms with Crippen molar-refractivity contribution < 1.29 is 4.79 Å². The number of nitrogens with one attached hydrogen (secondary N) is 1. The fourth-order valence-electron chi connectivity index (χ4n) is 4.68. The van der Waals surface area contributed by atoms with E-state index in [0.717, 1.165) is 31.7 Å². The van der Waals surface area contributed by atoms with E-state index in [-0.39, 0.29) is 5.54 Å². The van der Waals surface area contributed by atoms with Crippen LogP contribution in [0.3, 0.4) is 0 Å². The summed E-state index contributed by atoms with van der Waals surface area (Å²) in [6, 6.07) is 1.24. The van der Waals surface area contributed by atoms with Crippen molar-refractivity contribution in [2.24, 2.45) is 0 Å². The van der Waals surface area contributed by atoms with Gasteiger partial charge in [0.05, 0.1) is 11.7 Å². The first kappa shape index (κ1) is 13.1. The largest absolute Gasteiger partial charge is 0.322 e. The number of piperidine rings is 1. The predicted octanol–water partition coefficient (Wildman–Crippen LogP) is 1.70. The zero-order valence-electron chi connectivity index (χ0n) is 12.6. The number of carbonyl (C=O) groups excluding carboxylic acids is 1. The van der Waals surface area contributed by atoms with E-state index < -0.39 is 0 Å². The summed E-state index contributed by atoms with van der Waals surface area (Å²) in [6.45, 7) is 4.71. The first-order chi connectivity index (χ1) is 9.73. The minimum atomic E-state index is -0.132. The van der Waals surface area contributed by atoms with Crippen molar-refractivity contribution in [2.45, 2.75) is 82.1 Å². The molecule has 1 N–H and O–H groups in total. The Bertz CT molecular complexity index is 407. The van der Waals surface area contributed by atoms with Crippen LogP contribution in [-0.4, -0.2) is 52.6 Å². The van der Waals surface area contributed by atoms with Gasteiger partial charge < -0.3 is 9.80 Å². The molecule has 0 radical (unpaired) electrons. The van der Waals surface area contributed by atoms with Gasteiger partial charge in [-0.1, -0.05) is 13.3 Å². The summed E-state index contributed by atoms with van der Waals surface area (Å²) in [5.41, 5.74) is -0.132. The zero-order valence-corrected chi connectivity index (χ0v) is 12.6. The van der Waals surface area contributed by atoms with Crippen LogP contribution in [0.2, 0.25) is 0 Å². The molecule has 1 aliphatic carbocycles. The third-order valence-electron chi connectivity index (χ3n) is 5.92. The van der Waals surface area contributed by atoms with Crippen LogP contribution in [0.4, 0.5) is 0 Å². The number of rotatable bonds is 3. The van der Waals surface area contributed by atoms with Crippen LogP contribution in [0, 0.1) is 0 Å². The number of fused-ring (bicyclic) bond motifs is 1. The van der Waals surface area contributed by atoms with Gasteiger partial charge in [-0.25, -0.2) is 0 Å². The molecule has 3 atom stereocenters. The molecule has 1 spiro atoms. The summed E-state index contributed by atoms with van der Waals surface area (Å²) in [5, 5.41) is 3.66. The predicted molar refractivity (Wildman–Crippen MR) is 78.3 cm³/mol. The maximum atomic E-state index is 12.8. The average molecular weight is 277 g/mol. The van der Waals surface area contributed by atoms with Crippen molar-refractivity contribution >= 4 is 5.91 Å². The molecular weight excluding hydrogens is 250 g/mol. The van der Waals surface area contributed by atoms with Crippen molar-refractivity contribution in [3.05, 3.63) is 0 Å². The molecule has 1 saturated carbocycles. The third-order valence-corrected chi connectivity index (χ3v) is 5.92. The second-order valence-corrected chi connectivity index (χ2v) is 7.25. The Balaban J connectivity index is 1.51. The molecule has 3 heterocycles. The molecule has 0 bridgehead atoms. The normalized spacial score (nSPS) is 39.5. The molecule has 3 saturated heterocycles. The van der Waals surface area contributed by atoms with Gasteiger partial charge in [0.2, 0.25) is 5.91 Å². The van der Waals surface area contributed by atoms with Gasteiger partial charge in [0.1, 0.15) is 0 Å². The lowest BCUT2D eigenvalue weighted by Gasteiger charge is -2.41. The van der Waals surface area contributed by atoms with E-state index >= 15 is 0 Å². The highest BCUT2D eigenvalue weighted by molar-refractivity contribution is 5.92. The Morgan fingerprint density at radius 2 is 2.10 bits per heavy atom. The van der Waals surface area contributed by atoms with E-state index in [1.807, 2.05) is 0 Å². The summed E-state index contributed by atoms with van der Waals surface area (Å²) < 4.78 is 0. The first-order valence-corrected chi connectivity index (χ1v) is 8.58. The highest BCUT2D eigenvalue weighted by Crippen LogP contribution is 2.45. The van der Waals surface area contributed by atoms with E-state index in [0.29, 0.717) is 18.1 Å². The zero-order chi connectivity index (χ0) is 13.7. The van der Waals surface area contributed by atoms with Crippen LogP contribution in [0.1, 0.15) is 58.3 Å². The molecule has 4 aliphatic rings. The molecule has 3 aliphatic heterocycles. The highest BCUT2D eigenvalue weighted by atomic mass is 16.2. The number of nitrogens with zero attached hydrogens (tertiary/aromatic N) is 2. The Kier molecular flexibility index (Phi) is 3.08. The maximum Gasteiger partial charge on any atom is 0.244 e. The average Bonchev–Trinajstić information content (AvgIpc) is 2.98. The van der Waals surface area contributed by atoms with Gasteiger partial charge in [0.15, 0.2) is 0 Å². The molecule has 20 heavy (non-hydrogen) atoms. The molecule has 0 aromatic heterocycles. The van der Waals surface area contributed by atoms with Crippen molar-refractivity contribution in [2.75, 3.05) is 13.1 Å². The molecule has 0 aromatic rings. The second-order valence-electron chi connectivity index (χ2n) is 7.25. The fourth-order valence-corrected chi connectivity index (χ4v) is 4.68. The molecule has 4 nitrogen and oxygen atoms in total. The van der Waals surface area contributed by atoms with Gasteiger partial charge in [0.25, 0.3) is 0 Å². The number of hydrogen-bond acceptors (Lipinski definition) is 3. The standard InChI is InChI=1S/C16H27N3O/c1-2-4-14-17-16(7-8-16)15(20)19(14)13-6-10-18-9-3-5-12(18)11-13/h12-14,17H,2-11H2,1H3. The molecule has 0 aromatic carbocycles. The minimum Gasteiger partial charge on any atom is -0.322 e. The maximum absolute atomic E-state index is 12.8. The van der Waals surface area contributed by atoms with Crippen molar-refractivity contribution in [1.82, 2.24) is 15.1 Å². The quantitative estimate of drug-likeness (QED) is 0.853. The summed E-state index contributed by atoms with van der Waals surface area (Å²) in [5.74, 6) is 0.424. The van der Waals surface area contributed by atoms with Gasteiger partial charge >= 0.3 is 0 Å². The van der Waals surface area contributed by atoms with Crippen LogP contribution in [-0.2, 0) is 4.79 Å². The van der Waals surface area contributed by atoms with E-state index in [2.05, 4.69) is 22.0 Å². The lowest BCUT2D eigenvalue weighted by atomic mass is 9.95. The first-order valence-electron chi connectivity index (χ1n) is 8.58. The molecule has 112 valence electrons. The van der Waals surface area contributed by atoms with E-state index in [4.69, 9.17) is 0 Å². The topological polar surface area (TPSA) is 35.6 Å². The Morgan fingerprint density at radius 3 is 2.85 bits per heavy atom. The van der Waals surface area contributed by atoms with E-state index in [1.54, 1.807) is 0 Å². The molecule has 4 fully saturated rings. The Morgan fingerprint density at radius 1 is 1.25 bits per heavy atom. The second kappa shape index (κ2) is 4.70. The number of hydrogen-bond donors (Lipinski definition) is 1. The van der Waals surface area contributed by atoms with Crippen molar-refractivity contribution in [1.29, 1.82) is 0 Å². The van der Waals surface area contributed by atoms with Gasteiger partial charge in [0, 0.05) is 18.6 Å². The van der Waals surface area contributed by atoms with Gasteiger partial charge in [-0.15, -0.1) is 0 Å². The minimum absolute atomic E-state index is 0.132. The lowest BCUT2D eigenvalue weighted by molar-refractivity contribution is -0.134. The van der Waals surface area contributed by atoms with E-state index in [1.165, 1.54) is 38.8 Å².